The van der Waals surface area contributed by atoms with Crippen molar-refractivity contribution in [2.75, 3.05) is 43.0 Å². The smallest absolute Gasteiger partial charge is 0.322 e. The molecule has 2 aromatic rings. The molecule has 1 saturated heterocycles. The average Bonchev–Trinajstić information content (AvgIpc) is 2.63. The first-order valence-electron chi connectivity index (χ1n) is 8.20. The van der Waals surface area contributed by atoms with Crippen LogP contribution in [0.5, 0.6) is 5.75 Å². The van der Waals surface area contributed by atoms with Crippen LogP contribution in [0.4, 0.5) is 16.2 Å². The summed E-state index contributed by atoms with van der Waals surface area (Å²) in [4.78, 5) is 20.4. The Morgan fingerprint density at radius 3 is 2.67 bits per heavy atom. The Bertz CT molecular complexity index is 670. The molecule has 0 radical (unpaired) electrons. The number of nitrogens with zero attached hydrogens (tertiary/aromatic N) is 3. The van der Waals surface area contributed by atoms with Gasteiger partial charge in [0.15, 0.2) is 0 Å². The SMILES string of the molecule is CCOc1ccccc1N1CCN(C(=O)Nc2cccnc2)CC1. The highest BCUT2D eigenvalue weighted by Crippen LogP contribution is 2.28. The summed E-state index contributed by atoms with van der Waals surface area (Å²) in [5.41, 5.74) is 1.80. The molecule has 1 aromatic heterocycles. The van der Waals surface area contributed by atoms with E-state index in [2.05, 4.69) is 21.3 Å². The molecule has 0 unspecified atom stereocenters. The highest BCUT2D eigenvalue weighted by Gasteiger charge is 2.22. The fraction of sp³-hybridized carbons (Fsp3) is 0.333. The Labute approximate surface area is 142 Å². The second kappa shape index (κ2) is 7.68. The molecule has 2 amide bonds. The molecule has 3 rings (SSSR count). The van der Waals surface area contributed by atoms with Crippen LogP contribution >= 0.6 is 0 Å². The first-order valence-corrected chi connectivity index (χ1v) is 8.20. The fourth-order valence-corrected chi connectivity index (χ4v) is 2.79. The van der Waals surface area contributed by atoms with Crippen LogP contribution < -0.4 is 15.0 Å². The monoisotopic (exact) mass is 326 g/mol. The molecule has 1 aliphatic heterocycles. The first kappa shape index (κ1) is 16.1. The molecule has 0 spiro atoms. The molecule has 0 atom stereocenters. The minimum absolute atomic E-state index is 0.0826. The minimum Gasteiger partial charge on any atom is -0.492 e. The summed E-state index contributed by atoms with van der Waals surface area (Å²) >= 11 is 0. The van der Waals surface area contributed by atoms with Gasteiger partial charge in [-0.05, 0) is 31.2 Å². The van der Waals surface area contributed by atoms with Crippen molar-refractivity contribution in [3.63, 3.8) is 0 Å². The number of hydrogen-bond acceptors (Lipinski definition) is 4. The molecule has 1 N–H and O–H groups in total. The number of nitrogens with one attached hydrogen (secondary N) is 1. The van der Waals surface area contributed by atoms with Crippen molar-refractivity contribution in [2.24, 2.45) is 0 Å². The predicted octanol–water partition coefficient (Wildman–Crippen LogP) is 2.83. The summed E-state index contributed by atoms with van der Waals surface area (Å²) in [5, 5.41) is 2.88. The van der Waals surface area contributed by atoms with Crippen molar-refractivity contribution < 1.29 is 9.53 Å². The standard InChI is InChI=1S/C18H22N4O2/c1-2-24-17-8-4-3-7-16(17)21-10-12-22(13-11-21)18(23)20-15-6-5-9-19-14-15/h3-9,14H,2,10-13H2,1H3,(H,20,23). The number of para-hydroxylation sites is 2. The van der Waals surface area contributed by atoms with E-state index in [1.165, 1.54) is 0 Å². The van der Waals surface area contributed by atoms with Crippen LogP contribution in [0.3, 0.4) is 0 Å². The number of piperazine rings is 1. The zero-order chi connectivity index (χ0) is 16.8. The number of hydrogen-bond donors (Lipinski definition) is 1. The van der Waals surface area contributed by atoms with E-state index in [0.717, 1.165) is 24.5 Å². The number of aromatic nitrogens is 1. The van der Waals surface area contributed by atoms with Crippen LogP contribution in [0, 0.1) is 0 Å². The van der Waals surface area contributed by atoms with Gasteiger partial charge in [0.25, 0.3) is 0 Å². The maximum absolute atomic E-state index is 12.3. The molecular weight excluding hydrogens is 304 g/mol. The van der Waals surface area contributed by atoms with Gasteiger partial charge in [-0.2, -0.15) is 0 Å². The number of urea groups is 1. The average molecular weight is 326 g/mol. The van der Waals surface area contributed by atoms with Gasteiger partial charge in [0, 0.05) is 32.4 Å². The predicted molar refractivity (Wildman–Crippen MR) is 94.7 cm³/mol. The highest BCUT2D eigenvalue weighted by atomic mass is 16.5. The number of carbonyl (C=O) groups is 1. The summed E-state index contributed by atoms with van der Waals surface area (Å²) < 4.78 is 5.70. The van der Waals surface area contributed by atoms with Crippen molar-refractivity contribution in [1.29, 1.82) is 0 Å². The van der Waals surface area contributed by atoms with Gasteiger partial charge in [0.05, 0.1) is 24.2 Å². The molecule has 0 aliphatic carbocycles. The number of amides is 2. The molecule has 1 aliphatic rings. The number of pyridine rings is 1. The number of ether oxygens (including phenoxy) is 1. The number of anilines is 2. The first-order chi connectivity index (χ1) is 11.8. The van der Waals surface area contributed by atoms with Crippen molar-refractivity contribution in [1.82, 2.24) is 9.88 Å². The van der Waals surface area contributed by atoms with Gasteiger partial charge in [-0.15, -0.1) is 0 Å². The second-order valence-corrected chi connectivity index (χ2v) is 5.55. The molecule has 2 heterocycles. The summed E-state index contributed by atoms with van der Waals surface area (Å²) in [6.45, 7) is 5.54. The maximum Gasteiger partial charge on any atom is 0.322 e. The molecular formula is C18H22N4O2. The quantitative estimate of drug-likeness (QED) is 0.939. The molecule has 1 aromatic carbocycles. The number of benzene rings is 1. The van der Waals surface area contributed by atoms with Crippen molar-refractivity contribution >= 4 is 17.4 Å². The topological polar surface area (TPSA) is 57.7 Å². The maximum atomic E-state index is 12.3. The molecule has 1 fully saturated rings. The van der Waals surface area contributed by atoms with Gasteiger partial charge in [0.1, 0.15) is 5.75 Å². The molecule has 0 saturated carbocycles. The van der Waals surface area contributed by atoms with E-state index >= 15 is 0 Å². The summed E-state index contributed by atoms with van der Waals surface area (Å²) in [5.74, 6) is 0.897. The highest BCUT2D eigenvalue weighted by molar-refractivity contribution is 5.89. The van der Waals surface area contributed by atoms with Gasteiger partial charge >= 0.3 is 6.03 Å². The van der Waals surface area contributed by atoms with Crippen LogP contribution in [0.2, 0.25) is 0 Å². The fourth-order valence-electron chi connectivity index (χ4n) is 2.79. The third-order valence-electron chi connectivity index (χ3n) is 3.99. The Morgan fingerprint density at radius 2 is 1.96 bits per heavy atom. The molecule has 6 heteroatoms. The number of rotatable bonds is 4. The third-order valence-corrected chi connectivity index (χ3v) is 3.99. The summed E-state index contributed by atoms with van der Waals surface area (Å²) in [7, 11) is 0. The number of carbonyl (C=O) groups excluding carboxylic acids is 1. The van der Waals surface area contributed by atoms with Crippen LogP contribution in [0.25, 0.3) is 0 Å². The lowest BCUT2D eigenvalue weighted by Gasteiger charge is -2.36. The third kappa shape index (κ3) is 3.76. The van der Waals surface area contributed by atoms with E-state index < -0.39 is 0 Å². The second-order valence-electron chi connectivity index (χ2n) is 5.55. The van der Waals surface area contributed by atoms with Crippen LogP contribution in [0.15, 0.2) is 48.8 Å². The zero-order valence-electron chi connectivity index (χ0n) is 13.8. The summed E-state index contributed by atoms with van der Waals surface area (Å²) in [6.07, 6.45) is 3.33. The largest absolute Gasteiger partial charge is 0.492 e. The molecule has 6 nitrogen and oxygen atoms in total. The van der Waals surface area contributed by atoms with E-state index in [-0.39, 0.29) is 6.03 Å². The lowest BCUT2D eigenvalue weighted by Crippen LogP contribution is -2.50. The lowest BCUT2D eigenvalue weighted by molar-refractivity contribution is 0.208. The lowest BCUT2D eigenvalue weighted by atomic mass is 10.2. The minimum atomic E-state index is -0.0826. The van der Waals surface area contributed by atoms with Gasteiger partial charge in [-0.3, -0.25) is 4.98 Å². The van der Waals surface area contributed by atoms with Crippen molar-refractivity contribution in [2.45, 2.75) is 6.92 Å². The van der Waals surface area contributed by atoms with Crippen LogP contribution in [-0.2, 0) is 0 Å². The van der Waals surface area contributed by atoms with Crippen LogP contribution in [-0.4, -0.2) is 48.7 Å². The van der Waals surface area contributed by atoms with E-state index in [1.807, 2.05) is 36.1 Å². The van der Waals surface area contributed by atoms with E-state index in [9.17, 15) is 4.79 Å². The zero-order valence-corrected chi connectivity index (χ0v) is 13.8. The Kier molecular flexibility index (Phi) is 5.15. The van der Waals surface area contributed by atoms with Crippen molar-refractivity contribution in [3.05, 3.63) is 48.8 Å². The van der Waals surface area contributed by atoms with Gasteiger partial charge in [0.2, 0.25) is 0 Å². The summed E-state index contributed by atoms with van der Waals surface area (Å²) in [6, 6.07) is 11.6. The normalized spacial score (nSPS) is 14.4. The Balaban J connectivity index is 1.59. The van der Waals surface area contributed by atoms with Crippen molar-refractivity contribution in [3.8, 4) is 5.75 Å². The Hall–Kier alpha value is -2.76. The Morgan fingerprint density at radius 1 is 1.17 bits per heavy atom. The van der Waals surface area contributed by atoms with E-state index in [4.69, 9.17) is 4.74 Å². The van der Waals surface area contributed by atoms with Gasteiger partial charge in [-0.25, -0.2) is 4.79 Å². The van der Waals surface area contributed by atoms with E-state index in [0.29, 0.717) is 25.4 Å². The molecule has 0 bridgehead atoms. The molecule has 24 heavy (non-hydrogen) atoms. The van der Waals surface area contributed by atoms with Crippen LogP contribution in [0.1, 0.15) is 6.92 Å². The van der Waals surface area contributed by atoms with Gasteiger partial charge in [-0.1, -0.05) is 12.1 Å². The van der Waals surface area contributed by atoms with E-state index in [1.54, 1.807) is 18.5 Å². The molecule has 126 valence electrons. The van der Waals surface area contributed by atoms with Gasteiger partial charge < -0.3 is 19.9 Å².